The fourth-order valence-corrected chi connectivity index (χ4v) is 12.7. The van der Waals surface area contributed by atoms with E-state index in [1.54, 1.807) is 0 Å². The molecule has 0 aliphatic carbocycles. The molecule has 0 bridgehead atoms. The summed E-state index contributed by atoms with van der Waals surface area (Å²) in [4.78, 5) is 1.40. The first-order chi connectivity index (χ1) is 10.4. The van der Waals surface area contributed by atoms with Gasteiger partial charge in [0, 0.05) is 16.9 Å². The highest BCUT2D eigenvalue weighted by atomic mass is 32.4. The molecule has 0 heterocycles. The maximum absolute atomic E-state index is 3.40. The summed E-state index contributed by atoms with van der Waals surface area (Å²) in [6.07, 6.45) is 2.12. The molecule has 2 heteroatoms. The zero-order valence-corrected chi connectivity index (χ0v) is 17.2. The van der Waals surface area contributed by atoms with E-state index in [-0.39, 0.29) is 0 Å². The molecule has 0 N–H and O–H groups in total. The Kier molecular flexibility index (Phi) is 7.80. The summed E-state index contributed by atoms with van der Waals surface area (Å²) >= 11 is 2.18. The van der Waals surface area contributed by atoms with Crippen molar-refractivity contribution >= 4 is 18.4 Å². The summed E-state index contributed by atoms with van der Waals surface area (Å²) in [6, 6.07) is 8.73. The topological polar surface area (TPSA) is 0 Å². The van der Waals surface area contributed by atoms with Gasteiger partial charge in [0.05, 0.1) is 0 Å². The Balaban J connectivity index is 3.23. The highest BCUT2D eigenvalue weighted by Gasteiger charge is 2.44. The lowest BCUT2D eigenvalue weighted by Gasteiger charge is -2.42. The van der Waals surface area contributed by atoms with Gasteiger partial charge in [0.1, 0.15) is 7.22 Å². The normalized spacial score (nSPS) is 11.9. The third kappa shape index (κ3) is 4.43. The van der Waals surface area contributed by atoms with Gasteiger partial charge >= 0.3 is 0 Å². The molecule has 22 heavy (non-hydrogen) atoms. The highest BCUT2D eigenvalue weighted by molar-refractivity contribution is 8.29. The van der Waals surface area contributed by atoms with Gasteiger partial charge in [-0.2, -0.15) is 0 Å². The quantitative estimate of drug-likeness (QED) is 0.395. The summed E-state index contributed by atoms with van der Waals surface area (Å²) in [7, 11) is -1.50. The Morgan fingerprint density at radius 2 is 1.50 bits per heavy atom. The standard InChI is InChI=1S/C20H32SSi/c1-8-9-10-13-19-14-11-12-15-20(19)21-22(16(2)3,17(4)5)18(6)7/h11-12,14-18H,8-9H2,1-7H3. The number of hydrogen-bond acceptors (Lipinski definition) is 1. The fraction of sp³-hybridized carbons (Fsp3) is 0.600. The molecule has 1 aromatic carbocycles. The molecule has 0 saturated carbocycles. The third-order valence-electron chi connectivity index (χ3n) is 4.48. The molecule has 0 aliphatic heterocycles. The van der Waals surface area contributed by atoms with Gasteiger partial charge in [-0.05, 0) is 35.2 Å². The van der Waals surface area contributed by atoms with Crippen molar-refractivity contribution < 1.29 is 0 Å². The van der Waals surface area contributed by atoms with Crippen molar-refractivity contribution in [2.45, 2.75) is 82.8 Å². The average Bonchev–Trinajstić information content (AvgIpc) is 2.45. The van der Waals surface area contributed by atoms with E-state index in [0.29, 0.717) is 0 Å². The van der Waals surface area contributed by atoms with E-state index in [4.69, 9.17) is 0 Å². The summed E-state index contributed by atoms with van der Waals surface area (Å²) in [5.74, 6) is 6.72. The zero-order chi connectivity index (χ0) is 16.8. The molecule has 0 amide bonds. The summed E-state index contributed by atoms with van der Waals surface area (Å²) in [5, 5.41) is 0. The van der Waals surface area contributed by atoms with Crippen molar-refractivity contribution in [3.8, 4) is 11.8 Å². The second-order valence-electron chi connectivity index (χ2n) is 6.97. The van der Waals surface area contributed by atoms with Crippen molar-refractivity contribution in [1.29, 1.82) is 0 Å². The Hall–Kier alpha value is -0.653. The Morgan fingerprint density at radius 3 is 2.00 bits per heavy atom. The predicted octanol–water partition coefficient (Wildman–Crippen LogP) is 7.11. The molecule has 0 aliphatic rings. The van der Waals surface area contributed by atoms with Crippen LogP contribution in [0.3, 0.4) is 0 Å². The monoisotopic (exact) mass is 332 g/mol. The molecule has 0 spiro atoms. The van der Waals surface area contributed by atoms with Crippen LogP contribution in [-0.4, -0.2) is 7.22 Å². The smallest absolute Gasteiger partial charge is 0.131 e. The predicted molar refractivity (Wildman–Crippen MR) is 105 cm³/mol. The highest BCUT2D eigenvalue weighted by Crippen LogP contribution is 2.52. The number of unbranched alkanes of at least 4 members (excludes halogenated alkanes) is 1. The van der Waals surface area contributed by atoms with Gasteiger partial charge in [-0.25, -0.2) is 0 Å². The lowest BCUT2D eigenvalue weighted by atomic mass is 10.2. The number of rotatable bonds is 6. The molecule has 0 radical (unpaired) electrons. The van der Waals surface area contributed by atoms with E-state index in [2.05, 4.69) is 95.8 Å². The van der Waals surface area contributed by atoms with Crippen molar-refractivity contribution in [2.24, 2.45) is 0 Å². The van der Waals surface area contributed by atoms with E-state index >= 15 is 0 Å². The van der Waals surface area contributed by atoms with Gasteiger partial charge < -0.3 is 0 Å². The second kappa shape index (κ2) is 8.84. The number of benzene rings is 1. The molecular weight excluding hydrogens is 300 g/mol. The molecule has 0 nitrogen and oxygen atoms in total. The zero-order valence-electron chi connectivity index (χ0n) is 15.4. The summed E-state index contributed by atoms with van der Waals surface area (Å²) in [5.41, 5.74) is 3.50. The lowest BCUT2D eigenvalue weighted by molar-refractivity contribution is 0.851. The van der Waals surface area contributed by atoms with Crippen LogP contribution in [0.2, 0.25) is 16.6 Å². The Labute approximate surface area is 143 Å². The van der Waals surface area contributed by atoms with Gasteiger partial charge in [0.25, 0.3) is 0 Å². The second-order valence-corrected chi connectivity index (χ2v) is 15.5. The van der Waals surface area contributed by atoms with E-state index in [1.165, 1.54) is 10.5 Å². The van der Waals surface area contributed by atoms with Crippen LogP contribution in [0.4, 0.5) is 0 Å². The maximum Gasteiger partial charge on any atom is 0.131 e. The van der Waals surface area contributed by atoms with E-state index < -0.39 is 7.22 Å². The lowest BCUT2D eigenvalue weighted by Crippen LogP contribution is -2.41. The molecule has 0 atom stereocenters. The van der Waals surface area contributed by atoms with Gasteiger partial charge in [-0.1, -0.05) is 72.4 Å². The molecule has 1 rings (SSSR count). The largest absolute Gasteiger partial charge is 0.149 e. The average molecular weight is 333 g/mol. The first kappa shape index (κ1) is 19.4. The van der Waals surface area contributed by atoms with Gasteiger partial charge in [0.2, 0.25) is 0 Å². The molecule has 0 saturated heterocycles. The van der Waals surface area contributed by atoms with Crippen LogP contribution in [0.5, 0.6) is 0 Å². The van der Waals surface area contributed by atoms with E-state index in [1.807, 2.05) is 0 Å². The van der Waals surface area contributed by atoms with Crippen molar-refractivity contribution in [1.82, 2.24) is 0 Å². The summed E-state index contributed by atoms with van der Waals surface area (Å²) in [6.45, 7) is 16.7. The van der Waals surface area contributed by atoms with Crippen molar-refractivity contribution in [3.63, 3.8) is 0 Å². The first-order valence-corrected chi connectivity index (χ1v) is 12.4. The molecule has 122 valence electrons. The summed E-state index contributed by atoms with van der Waals surface area (Å²) < 4.78 is 0. The minimum atomic E-state index is -1.50. The first-order valence-electron chi connectivity index (χ1n) is 8.63. The molecule has 0 unspecified atom stereocenters. The van der Waals surface area contributed by atoms with Gasteiger partial charge in [-0.3, -0.25) is 0 Å². The van der Waals surface area contributed by atoms with Crippen LogP contribution in [0.1, 0.15) is 66.9 Å². The molecular formula is C20H32SSi. The van der Waals surface area contributed by atoms with Gasteiger partial charge in [0.15, 0.2) is 0 Å². The Morgan fingerprint density at radius 1 is 0.955 bits per heavy atom. The van der Waals surface area contributed by atoms with Crippen LogP contribution in [-0.2, 0) is 0 Å². The number of hydrogen-bond donors (Lipinski definition) is 0. The van der Waals surface area contributed by atoms with Crippen LogP contribution < -0.4 is 0 Å². The fourth-order valence-electron chi connectivity index (χ4n) is 3.49. The van der Waals surface area contributed by atoms with E-state index in [0.717, 1.165) is 29.5 Å². The van der Waals surface area contributed by atoms with Gasteiger partial charge in [-0.15, -0.1) is 11.2 Å². The van der Waals surface area contributed by atoms with Crippen molar-refractivity contribution in [2.75, 3.05) is 0 Å². The van der Waals surface area contributed by atoms with Crippen molar-refractivity contribution in [3.05, 3.63) is 29.8 Å². The minimum absolute atomic E-state index is 0.758. The molecule has 0 fully saturated rings. The maximum atomic E-state index is 3.40. The minimum Gasteiger partial charge on any atom is -0.149 e. The third-order valence-corrected chi connectivity index (χ3v) is 16.8. The molecule has 0 aromatic heterocycles. The van der Waals surface area contributed by atoms with E-state index in [9.17, 15) is 0 Å². The van der Waals surface area contributed by atoms with Crippen LogP contribution in [0, 0.1) is 11.8 Å². The van der Waals surface area contributed by atoms with Crippen LogP contribution in [0.15, 0.2) is 29.2 Å². The Bertz CT molecular complexity index is 498. The molecule has 1 aromatic rings. The van der Waals surface area contributed by atoms with Crippen LogP contribution >= 0.6 is 11.2 Å². The SMILES string of the molecule is CCCC#Cc1ccccc1S[Si](C(C)C)(C(C)C)C(C)C. The van der Waals surface area contributed by atoms with Crippen LogP contribution in [0.25, 0.3) is 0 Å².